The molecule has 0 saturated heterocycles. The maximum Gasteiger partial charge on any atom is 0.338 e. The number of hydrogen-bond acceptors (Lipinski definition) is 7. The highest BCUT2D eigenvalue weighted by atomic mass is 32.1. The number of hydrogen-bond donors (Lipinski definition) is 0. The van der Waals surface area contributed by atoms with E-state index in [0.29, 0.717) is 31.9 Å². The Labute approximate surface area is 233 Å². The normalized spacial score (nSPS) is 15.4. The second kappa shape index (κ2) is 11.6. The lowest BCUT2D eigenvalue weighted by atomic mass is 9.95. The lowest BCUT2D eigenvalue weighted by Gasteiger charge is -2.26. The Bertz CT molecular complexity index is 1610. The Kier molecular flexibility index (Phi) is 8.45. The van der Waals surface area contributed by atoms with Crippen LogP contribution in [-0.4, -0.2) is 30.4 Å². The minimum absolute atomic E-state index is 0.0914. The number of carbonyl (C=O) groups excluding carboxylic acids is 1. The van der Waals surface area contributed by atoms with Crippen LogP contribution in [0.2, 0.25) is 0 Å². The van der Waals surface area contributed by atoms with Crippen LogP contribution < -0.4 is 24.4 Å². The van der Waals surface area contributed by atoms with E-state index in [9.17, 15) is 9.59 Å². The van der Waals surface area contributed by atoms with Crippen molar-refractivity contribution in [2.75, 3.05) is 13.7 Å². The highest BCUT2D eigenvalue weighted by Crippen LogP contribution is 2.36. The Hall–Kier alpha value is -3.65. The molecule has 4 rings (SSSR count). The van der Waals surface area contributed by atoms with Gasteiger partial charge in [-0.3, -0.25) is 9.36 Å². The standard InChI is InChI=1S/C31H36N2O5S/c1-9-37-30(35)27-20(7)32-31-33(28(27)22-12-10-11-13-24(22)38-18(4)5)29(34)26(39-31)16-21-15-23(17(2)3)25(36-8)14-19(21)6/h10-18,28H,9H2,1-8H3/b26-16+/t28-/m1/s1. The molecule has 0 saturated carbocycles. The number of esters is 1. The average Bonchev–Trinajstić information content (AvgIpc) is 3.18. The van der Waals surface area contributed by atoms with Gasteiger partial charge in [-0.2, -0.15) is 0 Å². The monoisotopic (exact) mass is 548 g/mol. The largest absolute Gasteiger partial charge is 0.496 e. The van der Waals surface area contributed by atoms with Crippen molar-refractivity contribution < 1.29 is 19.0 Å². The first-order valence-electron chi connectivity index (χ1n) is 13.2. The molecular weight excluding hydrogens is 512 g/mol. The van der Waals surface area contributed by atoms with Crippen molar-refractivity contribution in [2.45, 2.75) is 66.5 Å². The van der Waals surface area contributed by atoms with Gasteiger partial charge >= 0.3 is 5.97 Å². The van der Waals surface area contributed by atoms with Crippen LogP contribution in [0.25, 0.3) is 6.08 Å². The summed E-state index contributed by atoms with van der Waals surface area (Å²) in [6, 6.07) is 10.9. The topological polar surface area (TPSA) is 79.1 Å². The predicted octanol–water partition coefficient (Wildman–Crippen LogP) is 5.03. The molecule has 2 heterocycles. The number of allylic oxidation sites excluding steroid dienone is 1. The fourth-order valence-corrected chi connectivity index (χ4v) is 5.83. The molecule has 0 radical (unpaired) electrons. The quantitative estimate of drug-likeness (QED) is 0.369. The van der Waals surface area contributed by atoms with Gasteiger partial charge in [0.2, 0.25) is 0 Å². The van der Waals surface area contributed by atoms with Gasteiger partial charge in [0.15, 0.2) is 4.80 Å². The second-order valence-electron chi connectivity index (χ2n) is 10.1. The third-order valence-electron chi connectivity index (χ3n) is 6.62. The number of methoxy groups -OCH3 is 1. The number of aromatic nitrogens is 1. The summed E-state index contributed by atoms with van der Waals surface area (Å²) < 4.78 is 19.3. The first-order chi connectivity index (χ1) is 18.6. The molecule has 0 unspecified atom stereocenters. The molecule has 1 aliphatic heterocycles. The van der Waals surface area contributed by atoms with E-state index in [4.69, 9.17) is 19.2 Å². The van der Waals surface area contributed by atoms with Gasteiger partial charge in [-0.25, -0.2) is 9.79 Å². The summed E-state index contributed by atoms with van der Waals surface area (Å²) in [5.74, 6) is 1.19. The van der Waals surface area contributed by atoms with E-state index in [1.807, 2.05) is 57.2 Å². The van der Waals surface area contributed by atoms with Crippen LogP contribution in [0.5, 0.6) is 11.5 Å². The summed E-state index contributed by atoms with van der Waals surface area (Å²) in [6.07, 6.45) is 1.81. The van der Waals surface area contributed by atoms with Crippen molar-refractivity contribution >= 4 is 23.4 Å². The zero-order valence-corrected chi connectivity index (χ0v) is 24.6. The minimum atomic E-state index is -0.736. The Morgan fingerprint density at radius 1 is 1.13 bits per heavy atom. The fraction of sp³-hybridized carbons (Fsp3) is 0.387. The molecule has 1 aliphatic rings. The van der Waals surface area contributed by atoms with E-state index >= 15 is 0 Å². The SMILES string of the molecule is CCOC(=O)C1=C(C)N=c2s/c(=C/c3cc(C(C)C)c(OC)cc3C)c(=O)n2[C@@H]1c1ccccc1OC(C)C. The van der Waals surface area contributed by atoms with Crippen molar-refractivity contribution in [2.24, 2.45) is 4.99 Å². The Morgan fingerprint density at radius 3 is 2.49 bits per heavy atom. The van der Waals surface area contributed by atoms with Crippen molar-refractivity contribution in [1.82, 2.24) is 4.57 Å². The summed E-state index contributed by atoms with van der Waals surface area (Å²) in [7, 11) is 1.67. The van der Waals surface area contributed by atoms with Crippen LogP contribution in [-0.2, 0) is 9.53 Å². The van der Waals surface area contributed by atoms with Crippen LogP contribution >= 0.6 is 11.3 Å². The van der Waals surface area contributed by atoms with E-state index in [2.05, 4.69) is 19.9 Å². The lowest BCUT2D eigenvalue weighted by Crippen LogP contribution is -2.40. The third-order valence-corrected chi connectivity index (χ3v) is 7.60. The van der Waals surface area contributed by atoms with Crippen LogP contribution in [0.15, 0.2) is 57.5 Å². The smallest absolute Gasteiger partial charge is 0.338 e. The van der Waals surface area contributed by atoms with Crippen molar-refractivity contribution in [1.29, 1.82) is 0 Å². The van der Waals surface area contributed by atoms with Crippen LogP contribution in [0.1, 0.15) is 75.8 Å². The maximum absolute atomic E-state index is 14.1. The van der Waals surface area contributed by atoms with Gasteiger partial charge in [0.05, 0.1) is 35.6 Å². The van der Waals surface area contributed by atoms with Crippen LogP contribution in [0.3, 0.4) is 0 Å². The molecule has 8 heteroatoms. The third kappa shape index (κ3) is 5.57. The lowest BCUT2D eigenvalue weighted by molar-refractivity contribution is -0.139. The Balaban J connectivity index is 1.99. The van der Waals surface area contributed by atoms with E-state index in [1.165, 1.54) is 11.3 Å². The number of ether oxygens (including phenoxy) is 3. The second-order valence-corrected chi connectivity index (χ2v) is 11.1. The molecule has 0 fully saturated rings. The number of fused-ring (bicyclic) bond motifs is 1. The highest BCUT2D eigenvalue weighted by Gasteiger charge is 2.35. The molecule has 0 aliphatic carbocycles. The van der Waals surface area contributed by atoms with E-state index in [1.54, 1.807) is 25.5 Å². The molecule has 0 spiro atoms. The fourth-order valence-electron chi connectivity index (χ4n) is 4.79. The summed E-state index contributed by atoms with van der Waals surface area (Å²) in [4.78, 5) is 32.5. The average molecular weight is 549 g/mol. The number of aryl methyl sites for hydroxylation is 1. The number of rotatable bonds is 8. The first-order valence-corrected chi connectivity index (χ1v) is 14.0. The molecule has 3 aromatic rings. The number of nitrogens with zero attached hydrogens (tertiary/aromatic N) is 2. The van der Waals surface area contributed by atoms with Gasteiger partial charge in [0.1, 0.15) is 17.5 Å². The molecule has 7 nitrogen and oxygen atoms in total. The van der Waals surface area contributed by atoms with Crippen molar-refractivity contribution in [3.8, 4) is 11.5 Å². The maximum atomic E-state index is 14.1. The van der Waals surface area contributed by atoms with Gasteiger partial charge in [0.25, 0.3) is 5.56 Å². The summed E-state index contributed by atoms with van der Waals surface area (Å²) in [6.45, 7) is 13.9. The van der Waals surface area contributed by atoms with Crippen LogP contribution in [0, 0.1) is 6.92 Å². The summed E-state index contributed by atoms with van der Waals surface area (Å²) in [5, 5.41) is 0. The molecule has 39 heavy (non-hydrogen) atoms. The summed E-state index contributed by atoms with van der Waals surface area (Å²) in [5.41, 5.74) is 4.34. The molecule has 0 N–H and O–H groups in total. The highest BCUT2D eigenvalue weighted by molar-refractivity contribution is 7.07. The molecule has 0 bridgehead atoms. The number of para-hydroxylation sites is 1. The van der Waals surface area contributed by atoms with Gasteiger partial charge in [-0.1, -0.05) is 43.4 Å². The molecular formula is C31H36N2O5S. The zero-order valence-electron chi connectivity index (χ0n) is 23.8. The van der Waals surface area contributed by atoms with Crippen molar-refractivity contribution in [3.63, 3.8) is 0 Å². The zero-order chi connectivity index (χ0) is 28.4. The summed E-state index contributed by atoms with van der Waals surface area (Å²) >= 11 is 1.31. The molecule has 206 valence electrons. The molecule has 1 aromatic heterocycles. The van der Waals surface area contributed by atoms with Gasteiger partial charge in [-0.15, -0.1) is 0 Å². The predicted molar refractivity (Wildman–Crippen MR) is 154 cm³/mol. The first kappa shape index (κ1) is 28.4. The molecule has 0 amide bonds. The van der Waals surface area contributed by atoms with Crippen LogP contribution in [0.4, 0.5) is 0 Å². The Morgan fingerprint density at radius 2 is 1.85 bits per heavy atom. The van der Waals surface area contributed by atoms with Crippen molar-refractivity contribution in [3.05, 3.63) is 89.6 Å². The van der Waals surface area contributed by atoms with Gasteiger partial charge in [0, 0.05) is 5.56 Å². The van der Waals surface area contributed by atoms with Gasteiger partial charge < -0.3 is 14.2 Å². The molecule has 1 atom stereocenters. The number of carbonyl (C=O) groups is 1. The molecule has 2 aromatic carbocycles. The number of thiazole rings is 1. The van der Waals surface area contributed by atoms with Gasteiger partial charge in [-0.05, 0) is 81.5 Å². The number of benzene rings is 2. The van der Waals surface area contributed by atoms with E-state index in [0.717, 1.165) is 22.4 Å². The minimum Gasteiger partial charge on any atom is -0.496 e. The van der Waals surface area contributed by atoms with E-state index in [-0.39, 0.29) is 24.2 Å². The van der Waals surface area contributed by atoms with E-state index < -0.39 is 12.0 Å².